The van der Waals surface area contributed by atoms with Gasteiger partial charge in [0, 0.05) is 19.4 Å². The summed E-state index contributed by atoms with van der Waals surface area (Å²) in [6.45, 7) is 7.09. The summed E-state index contributed by atoms with van der Waals surface area (Å²) in [4.78, 5) is 37.1. The lowest BCUT2D eigenvalue weighted by molar-refractivity contribution is -0.161. The largest absolute Gasteiger partial charge is 0.472 e. The Morgan fingerprint density at radius 2 is 1.06 bits per heavy atom. The minimum absolute atomic E-state index is 0.0199. The molecule has 0 spiro atoms. The molecule has 0 aliphatic heterocycles. The number of ether oxygens (including phenoxy) is 2. The highest BCUT2D eigenvalue weighted by molar-refractivity contribution is 7.47. The van der Waals surface area contributed by atoms with Crippen molar-refractivity contribution in [3.63, 3.8) is 0 Å². The van der Waals surface area contributed by atoms with Gasteiger partial charge < -0.3 is 19.3 Å². The third-order valence-corrected chi connectivity index (χ3v) is 10.0. The molecule has 0 fully saturated rings. The molecule has 0 bridgehead atoms. The van der Waals surface area contributed by atoms with E-state index in [4.69, 9.17) is 18.5 Å². The molecule has 0 aliphatic rings. The molecule has 50 heavy (non-hydrogen) atoms. The Morgan fingerprint density at radius 3 is 1.56 bits per heavy atom. The maximum Gasteiger partial charge on any atom is 0.472 e. The molecule has 10 heteroatoms. The molecular formula is C40H78NO8P. The second kappa shape index (κ2) is 36.1. The molecule has 0 heterocycles. The number of rotatable bonds is 38. The molecule has 0 amide bonds. The van der Waals surface area contributed by atoms with Gasteiger partial charge >= 0.3 is 19.8 Å². The van der Waals surface area contributed by atoms with Crippen LogP contribution in [0.5, 0.6) is 0 Å². The van der Waals surface area contributed by atoms with Crippen LogP contribution in [0.1, 0.15) is 188 Å². The number of carbonyl (C=O) groups excluding carboxylic acids is 2. The van der Waals surface area contributed by atoms with Crippen LogP contribution in [0.4, 0.5) is 0 Å². The SMILES string of the molecule is CCCCCC/C=C\CCCCCCCC(=O)OC(COC(=O)CCCCCCCCCCCCCCC)COP(=O)(O)OCCN(C)CC. The molecule has 0 aromatic heterocycles. The molecular weight excluding hydrogens is 653 g/mol. The van der Waals surface area contributed by atoms with E-state index in [1.54, 1.807) is 0 Å². The number of hydrogen-bond donors (Lipinski definition) is 1. The second-order valence-corrected chi connectivity index (χ2v) is 15.4. The fourth-order valence-electron chi connectivity index (χ4n) is 5.58. The summed E-state index contributed by atoms with van der Waals surface area (Å²) < 4.78 is 33.6. The zero-order valence-corrected chi connectivity index (χ0v) is 33.7. The number of unbranched alkanes of at least 4 members (excludes halogenated alkanes) is 21. The summed E-state index contributed by atoms with van der Waals surface area (Å²) >= 11 is 0. The minimum atomic E-state index is -4.36. The lowest BCUT2D eigenvalue weighted by atomic mass is 10.0. The summed E-state index contributed by atoms with van der Waals surface area (Å²) in [5.74, 6) is -0.804. The lowest BCUT2D eigenvalue weighted by Crippen LogP contribution is -2.29. The first-order valence-corrected chi connectivity index (χ1v) is 22.0. The summed E-state index contributed by atoms with van der Waals surface area (Å²) in [5, 5.41) is 0. The normalized spacial score (nSPS) is 13.6. The standard InChI is InChI=1S/C40H78NO8P/c1-5-8-10-12-14-16-18-20-22-24-26-28-30-32-39(42)46-36-38(37-48-50(44,45)47-35-34-41(4)7-3)49-40(43)33-31-29-27-25-23-21-19-17-15-13-11-9-6-2/h17,19,38H,5-16,18,20-37H2,1-4H3,(H,44,45)/b19-17-. The highest BCUT2D eigenvalue weighted by Crippen LogP contribution is 2.43. The van der Waals surface area contributed by atoms with Gasteiger partial charge in [-0.25, -0.2) is 4.57 Å². The van der Waals surface area contributed by atoms with Crippen molar-refractivity contribution in [3.8, 4) is 0 Å². The van der Waals surface area contributed by atoms with Crippen LogP contribution in [0.3, 0.4) is 0 Å². The molecule has 0 aromatic carbocycles. The summed E-state index contributed by atoms with van der Waals surface area (Å²) in [6, 6.07) is 0. The van der Waals surface area contributed by atoms with E-state index >= 15 is 0 Å². The van der Waals surface area contributed by atoms with Gasteiger partial charge in [0.1, 0.15) is 6.61 Å². The quantitative estimate of drug-likeness (QED) is 0.0287. The van der Waals surface area contributed by atoms with E-state index in [2.05, 4.69) is 26.0 Å². The highest BCUT2D eigenvalue weighted by atomic mass is 31.2. The maximum absolute atomic E-state index is 12.6. The number of nitrogens with zero attached hydrogens (tertiary/aromatic N) is 1. The fraction of sp³-hybridized carbons (Fsp3) is 0.900. The van der Waals surface area contributed by atoms with E-state index in [1.807, 2.05) is 18.9 Å². The third kappa shape index (κ3) is 35.2. The fourth-order valence-corrected chi connectivity index (χ4v) is 6.32. The molecule has 0 rings (SSSR count). The number of phosphoric ester groups is 1. The average Bonchev–Trinajstić information content (AvgIpc) is 3.09. The van der Waals surface area contributed by atoms with Gasteiger partial charge in [0.2, 0.25) is 0 Å². The molecule has 0 radical (unpaired) electrons. The number of likely N-dealkylation sites (N-methyl/N-ethyl adjacent to an activating group) is 1. The van der Waals surface area contributed by atoms with Gasteiger partial charge in [-0.05, 0) is 52.1 Å². The van der Waals surface area contributed by atoms with E-state index in [9.17, 15) is 19.0 Å². The van der Waals surface area contributed by atoms with E-state index in [0.717, 1.165) is 57.9 Å². The molecule has 0 saturated carbocycles. The van der Waals surface area contributed by atoms with E-state index in [0.29, 0.717) is 19.4 Å². The first-order valence-electron chi connectivity index (χ1n) is 20.5. The third-order valence-electron chi connectivity index (χ3n) is 9.05. The van der Waals surface area contributed by atoms with Gasteiger partial charge in [0.25, 0.3) is 0 Å². The van der Waals surface area contributed by atoms with Crippen molar-refractivity contribution >= 4 is 19.8 Å². The maximum atomic E-state index is 12.6. The number of hydrogen-bond acceptors (Lipinski definition) is 8. The Hall–Kier alpha value is -1.25. The van der Waals surface area contributed by atoms with Crippen LogP contribution in [0.25, 0.3) is 0 Å². The average molecular weight is 732 g/mol. The van der Waals surface area contributed by atoms with Gasteiger partial charge in [-0.3, -0.25) is 18.6 Å². The van der Waals surface area contributed by atoms with Crippen molar-refractivity contribution in [3.05, 3.63) is 12.2 Å². The van der Waals surface area contributed by atoms with Gasteiger partial charge in [-0.1, -0.05) is 148 Å². The Kier molecular flexibility index (Phi) is 35.2. The molecule has 0 aliphatic carbocycles. The lowest BCUT2D eigenvalue weighted by Gasteiger charge is -2.20. The molecule has 0 aromatic rings. The van der Waals surface area contributed by atoms with Gasteiger partial charge in [-0.2, -0.15) is 0 Å². The number of carbonyl (C=O) groups is 2. The Balaban J connectivity index is 4.39. The predicted molar refractivity (Wildman–Crippen MR) is 206 cm³/mol. The second-order valence-electron chi connectivity index (χ2n) is 13.9. The van der Waals surface area contributed by atoms with Crippen LogP contribution in [-0.2, 0) is 32.7 Å². The molecule has 9 nitrogen and oxygen atoms in total. The Labute approximate surface area is 307 Å². The first-order chi connectivity index (χ1) is 24.2. The number of esters is 2. The Morgan fingerprint density at radius 1 is 0.620 bits per heavy atom. The number of allylic oxidation sites excluding steroid dienone is 2. The molecule has 296 valence electrons. The predicted octanol–water partition coefficient (Wildman–Crippen LogP) is 11.3. The van der Waals surface area contributed by atoms with Crippen molar-refractivity contribution in [2.45, 2.75) is 194 Å². The van der Waals surface area contributed by atoms with Crippen LogP contribution in [-0.4, -0.2) is 67.8 Å². The zero-order chi connectivity index (χ0) is 37.0. The van der Waals surface area contributed by atoms with E-state index in [1.165, 1.54) is 96.3 Å². The van der Waals surface area contributed by atoms with Crippen LogP contribution in [0.2, 0.25) is 0 Å². The van der Waals surface area contributed by atoms with Crippen LogP contribution in [0, 0.1) is 0 Å². The smallest absolute Gasteiger partial charge is 0.462 e. The van der Waals surface area contributed by atoms with Crippen molar-refractivity contribution in [2.24, 2.45) is 0 Å². The summed E-state index contributed by atoms with van der Waals surface area (Å²) in [7, 11) is -2.48. The van der Waals surface area contributed by atoms with Crippen molar-refractivity contribution in [1.82, 2.24) is 4.90 Å². The topological polar surface area (TPSA) is 112 Å². The van der Waals surface area contributed by atoms with Crippen LogP contribution < -0.4 is 0 Å². The molecule has 2 unspecified atom stereocenters. The molecule has 0 saturated heterocycles. The monoisotopic (exact) mass is 732 g/mol. The van der Waals surface area contributed by atoms with Crippen LogP contribution in [0.15, 0.2) is 12.2 Å². The summed E-state index contributed by atoms with van der Waals surface area (Å²) in [6.07, 6.45) is 32.5. The highest BCUT2D eigenvalue weighted by Gasteiger charge is 2.26. The zero-order valence-electron chi connectivity index (χ0n) is 32.9. The minimum Gasteiger partial charge on any atom is -0.462 e. The van der Waals surface area contributed by atoms with Gasteiger partial charge in [-0.15, -0.1) is 0 Å². The van der Waals surface area contributed by atoms with Crippen LogP contribution >= 0.6 is 7.82 Å². The molecule has 1 N–H and O–H groups in total. The van der Waals surface area contributed by atoms with Crippen molar-refractivity contribution in [1.29, 1.82) is 0 Å². The van der Waals surface area contributed by atoms with E-state index in [-0.39, 0.29) is 25.6 Å². The number of phosphoric acid groups is 1. The van der Waals surface area contributed by atoms with Gasteiger partial charge in [0.15, 0.2) is 6.10 Å². The first kappa shape index (κ1) is 48.8. The van der Waals surface area contributed by atoms with Crippen molar-refractivity contribution < 1.29 is 37.6 Å². The molecule has 2 atom stereocenters. The van der Waals surface area contributed by atoms with E-state index < -0.39 is 26.5 Å². The Bertz CT molecular complexity index is 855. The van der Waals surface area contributed by atoms with Crippen molar-refractivity contribution in [2.75, 3.05) is 40.0 Å². The van der Waals surface area contributed by atoms with Gasteiger partial charge in [0.05, 0.1) is 13.2 Å². The summed E-state index contributed by atoms with van der Waals surface area (Å²) in [5.41, 5.74) is 0.